The van der Waals surface area contributed by atoms with Crippen LogP contribution in [0.25, 0.3) is 0 Å². The van der Waals surface area contributed by atoms with Crippen molar-refractivity contribution in [1.82, 2.24) is 10.6 Å². The van der Waals surface area contributed by atoms with Gasteiger partial charge in [-0.15, -0.1) is 11.8 Å². The van der Waals surface area contributed by atoms with Gasteiger partial charge in [-0.05, 0) is 24.1 Å². The fourth-order valence-corrected chi connectivity index (χ4v) is 5.94. The number of unbranched alkanes of at least 4 members (excludes halogenated alkanes) is 13. The third-order valence-electron chi connectivity index (χ3n) is 6.92. The third kappa shape index (κ3) is 10.8. The van der Waals surface area contributed by atoms with Crippen LogP contribution < -0.4 is 24.8 Å². The molecule has 1 fully saturated rings. The van der Waals surface area contributed by atoms with Crippen molar-refractivity contribution < 1.29 is 19.0 Å². The first-order valence-electron chi connectivity index (χ1n) is 14.1. The molecule has 1 aromatic rings. The van der Waals surface area contributed by atoms with Crippen LogP contribution in [0.3, 0.4) is 0 Å². The predicted molar refractivity (Wildman–Crippen MR) is 152 cm³/mol. The van der Waals surface area contributed by atoms with Crippen LogP contribution in [0.5, 0.6) is 17.2 Å². The molecule has 6 nitrogen and oxygen atoms in total. The summed E-state index contributed by atoms with van der Waals surface area (Å²) in [5, 5.41) is 6.58. The number of ether oxygens (including phenoxy) is 3. The number of methoxy groups -OCH3 is 3. The maximum absolute atomic E-state index is 12.6. The van der Waals surface area contributed by atoms with E-state index in [1.165, 1.54) is 83.5 Å². The van der Waals surface area contributed by atoms with E-state index in [9.17, 15) is 4.79 Å². The van der Waals surface area contributed by atoms with Gasteiger partial charge in [0.25, 0.3) is 0 Å². The summed E-state index contributed by atoms with van der Waals surface area (Å²) in [5.41, 5.74) is 1.01. The van der Waals surface area contributed by atoms with Crippen molar-refractivity contribution in [3.63, 3.8) is 0 Å². The van der Waals surface area contributed by atoms with Gasteiger partial charge in [-0.2, -0.15) is 0 Å². The maximum Gasteiger partial charge on any atom is 0.238 e. The van der Waals surface area contributed by atoms with Crippen LogP contribution >= 0.6 is 11.8 Å². The first-order chi connectivity index (χ1) is 17.6. The third-order valence-corrected chi connectivity index (χ3v) is 8.19. The van der Waals surface area contributed by atoms with E-state index >= 15 is 0 Å². The van der Waals surface area contributed by atoms with Crippen molar-refractivity contribution in [2.45, 2.75) is 108 Å². The van der Waals surface area contributed by atoms with Gasteiger partial charge < -0.3 is 19.5 Å². The monoisotopic (exact) mass is 522 g/mol. The summed E-state index contributed by atoms with van der Waals surface area (Å²) >= 11 is 1.72. The van der Waals surface area contributed by atoms with Crippen molar-refractivity contribution in [2.24, 2.45) is 0 Å². The number of rotatable bonds is 20. The number of benzene rings is 1. The number of hydrogen-bond donors (Lipinski definition) is 2. The van der Waals surface area contributed by atoms with Crippen LogP contribution in [0, 0.1) is 0 Å². The van der Waals surface area contributed by atoms with E-state index in [2.05, 4.69) is 17.6 Å². The highest BCUT2D eigenvalue weighted by Gasteiger charge is 2.31. The molecule has 1 amide bonds. The van der Waals surface area contributed by atoms with Gasteiger partial charge in [-0.25, -0.2) is 0 Å². The minimum atomic E-state index is -0.189. The second-order valence-corrected chi connectivity index (χ2v) is 10.9. The van der Waals surface area contributed by atoms with Crippen molar-refractivity contribution in [1.29, 1.82) is 0 Å². The lowest BCUT2D eigenvalue weighted by Crippen LogP contribution is -2.42. The number of nitrogens with one attached hydrogen (secondary N) is 2. The molecule has 1 heterocycles. The molecule has 1 aliphatic rings. The molecule has 0 saturated carbocycles. The molecule has 0 spiro atoms. The smallest absolute Gasteiger partial charge is 0.238 e. The van der Waals surface area contributed by atoms with Crippen LogP contribution in [0.1, 0.15) is 108 Å². The zero-order valence-electron chi connectivity index (χ0n) is 23.2. The first kappa shape index (κ1) is 30.6. The topological polar surface area (TPSA) is 68.8 Å². The average molecular weight is 523 g/mol. The van der Waals surface area contributed by atoms with Crippen molar-refractivity contribution >= 4 is 17.7 Å². The molecule has 1 unspecified atom stereocenters. The Labute approximate surface area is 224 Å². The van der Waals surface area contributed by atoms with Gasteiger partial charge in [0.15, 0.2) is 11.5 Å². The molecule has 0 aromatic heterocycles. The molecule has 36 heavy (non-hydrogen) atoms. The summed E-state index contributed by atoms with van der Waals surface area (Å²) < 4.78 is 16.4. The molecule has 0 bridgehead atoms. The average Bonchev–Trinajstić information content (AvgIpc) is 3.40. The number of hydrogen-bond acceptors (Lipinski definition) is 6. The molecule has 0 aliphatic carbocycles. The molecule has 206 valence electrons. The minimum Gasteiger partial charge on any atom is -0.493 e. The molecule has 1 aliphatic heterocycles. The number of carbonyl (C=O) groups excluding carboxylic acids is 1. The van der Waals surface area contributed by atoms with Crippen molar-refractivity contribution in [3.8, 4) is 17.2 Å². The highest BCUT2D eigenvalue weighted by atomic mass is 32.2. The van der Waals surface area contributed by atoms with E-state index in [1.54, 1.807) is 33.1 Å². The predicted octanol–water partition coefficient (Wildman–Crippen LogP) is 7.01. The fourth-order valence-electron chi connectivity index (χ4n) is 4.72. The summed E-state index contributed by atoms with van der Waals surface area (Å²) in [4.78, 5) is 12.6. The van der Waals surface area contributed by atoms with E-state index in [4.69, 9.17) is 14.2 Å². The highest BCUT2D eigenvalue weighted by Crippen LogP contribution is 2.43. The summed E-state index contributed by atoms with van der Waals surface area (Å²) in [6, 6.07) is 3.70. The normalized spacial score (nSPS) is 17.2. The minimum absolute atomic E-state index is 0.00974. The molecule has 2 N–H and O–H groups in total. The van der Waals surface area contributed by atoms with E-state index in [1.807, 2.05) is 12.1 Å². The number of carbonyl (C=O) groups is 1. The SMILES string of the molecule is CCCCCCCCCCCCCCCCNC(=O)[C@@H]1CSC(c2cc(OC)c(OC)c(OC)c2)N1. The standard InChI is InChI=1S/C29H50N2O4S/c1-5-6-7-8-9-10-11-12-13-14-15-16-17-18-19-30-28(32)24-22-36-29(31-24)23-20-25(33-2)27(35-4)26(21-23)34-3/h20-21,24,29,31H,5-19,22H2,1-4H3,(H,30,32)/t24-,29?/m0/s1. The molecule has 2 rings (SSSR count). The molecule has 1 aromatic carbocycles. The Kier molecular flexibility index (Phi) is 15.8. The van der Waals surface area contributed by atoms with Gasteiger partial charge in [-0.1, -0.05) is 90.4 Å². The van der Waals surface area contributed by atoms with Crippen LogP contribution in [0.4, 0.5) is 0 Å². The number of amides is 1. The summed E-state index contributed by atoms with van der Waals surface area (Å²) in [5.74, 6) is 2.66. The van der Waals surface area contributed by atoms with Gasteiger partial charge in [0.1, 0.15) is 0 Å². The van der Waals surface area contributed by atoms with Crippen molar-refractivity contribution in [3.05, 3.63) is 17.7 Å². The van der Waals surface area contributed by atoms with Gasteiger partial charge in [0, 0.05) is 12.3 Å². The van der Waals surface area contributed by atoms with Crippen LogP contribution in [0.15, 0.2) is 12.1 Å². The Morgan fingerprint density at radius 1 is 0.833 bits per heavy atom. The van der Waals surface area contributed by atoms with Crippen LogP contribution in [-0.4, -0.2) is 45.6 Å². The van der Waals surface area contributed by atoms with Gasteiger partial charge in [0.2, 0.25) is 11.7 Å². The quantitative estimate of drug-likeness (QED) is 0.179. The maximum atomic E-state index is 12.6. The Hall–Kier alpha value is -1.60. The first-order valence-corrected chi connectivity index (χ1v) is 15.1. The Morgan fingerprint density at radius 3 is 1.81 bits per heavy atom. The second-order valence-electron chi connectivity index (χ2n) is 9.78. The molecule has 2 atom stereocenters. The van der Waals surface area contributed by atoms with Gasteiger partial charge in [0.05, 0.1) is 32.7 Å². The molecule has 0 radical (unpaired) electrons. The van der Waals surface area contributed by atoms with Crippen molar-refractivity contribution in [2.75, 3.05) is 33.6 Å². The fraction of sp³-hybridized carbons (Fsp3) is 0.759. The summed E-state index contributed by atoms with van der Waals surface area (Å²) in [6.45, 7) is 3.04. The molecule has 1 saturated heterocycles. The zero-order chi connectivity index (χ0) is 26.0. The number of thioether (sulfide) groups is 1. The highest BCUT2D eigenvalue weighted by molar-refractivity contribution is 7.99. The Balaban J connectivity index is 1.54. The summed E-state index contributed by atoms with van der Waals surface area (Å²) in [7, 11) is 4.83. The lowest BCUT2D eigenvalue weighted by atomic mass is 10.0. The molecular formula is C29H50N2O4S. The van der Waals surface area contributed by atoms with Gasteiger partial charge in [-0.3, -0.25) is 10.1 Å². The molecular weight excluding hydrogens is 472 g/mol. The van der Waals surface area contributed by atoms with Gasteiger partial charge >= 0.3 is 0 Å². The zero-order valence-corrected chi connectivity index (χ0v) is 24.0. The second kappa shape index (κ2) is 18.6. The molecule has 7 heteroatoms. The van der Waals surface area contributed by atoms with E-state index in [0.29, 0.717) is 17.2 Å². The van der Waals surface area contributed by atoms with Crippen LogP contribution in [0.2, 0.25) is 0 Å². The van der Waals surface area contributed by atoms with Crippen LogP contribution in [-0.2, 0) is 4.79 Å². The largest absolute Gasteiger partial charge is 0.493 e. The van der Waals surface area contributed by atoms with E-state index in [-0.39, 0.29) is 17.3 Å². The van der Waals surface area contributed by atoms with E-state index in [0.717, 1.165) is 24.3 Å². The van der Waals surface area contributed by atoms with E-state index < -0.39 is 0 Å². The summed E-state index contributed by atoms with van der Waals surface area (Å²) in [6.07, 6.45) is 18.8. The Morgan fingerprint density at radius 2 is 1.33 bits per heavy atom. The Bertz CT molecular complexity index is 721. The lowest BCUT2D eigenvalue weighted by Gasteiger charge is -2.18. The lowest BCUT2D eigenvalue weighted by molar-refractivity contribution is -0.122.